The van der Waals surface area contributed by atoms with Gasteiger partial charge in [0.25, 0.3) is 5.91 Å². The number of benzene rings is 2. The molecule has 0 aliphatic rings. The van der Waals surface area contributed by atoms with Crippen molar-refractivity contribution in [3.8, 4) is 11.5 Å². The first-order valence-electron chi connectivity index (χ1n) is 8.43. The van der Waals surface area contributed by atoms with Crippen LogP contribution in [0.25, 0.3) is 0 Å². The number of rotatable bonds is 7. The third kappa shape index (κ3) is 4.53. The lowest BCUT2D eigenvalue weighted by Gasteiger charge is -2.11. The van der Waals surface area contributed by atoms with E-state index < -0.39 is 5.91 Å². The molecule has 2 aromatic carbocycles. The molecule has 8 heteroatoms. The summed E-state index contributed by atoms with van der Waals surface area (Å²) in [4.78, 5) is 20.7. The molecule has 0 saturated carbocycles. The van der Waals surface area contributed by atoms with Crippen LogP contribution >= 0.6 is 0 Å². The van der Waals surface area contributed by atoms with Gasteiger partial charge in [0.15, 0.2) is 0 Å². The van der Waals surface area contributed by atoms with Crippen molar-refractivity contribution in [2.75, 3.05) is 24.9 Å². The second-order valence-electron chi connectivity index (χ2n) is 5.75. The van der Waals surface area contributed by atoms with Crippen LogP contribution in [0.4, 0.5) is 15.9 Å². The van der Waals surface area contributed by atoms with Crippen molar-refractivity contribution in [2.24, 2.45) is 0 Å². The zero-order valence-corrected chi connectivity index (χ0v) is 15.4. The number of nitrogens with one attached hydrogen (secondary N) is 2. The number of methoxy groups -OCH3 is 2. The minimum Gasteiger partial charge on any atom is -0.497 e. The maximum absolute atomic E-state index is 13.6. The number of carbonyl (C=O) groups excluding carboxylic acids is 1. The van der Waals surface area contributed by atoms with Gasteiger partial charge in [-0.2, -0.15) is 0 Å². The number of ether oxygens (including phenoxy) is 2. The third-order valence-electron chi connectivity index (χ3n) is 3.96. The summed E-state index contributed by atoms with van der Waals surface area (Å²) in [7, 11) is 3.04. The van der Waals surface area contributed by atoms with Crippen LogP contribution in [0.3, 0.4) is 0 Å². The van der Waals surface area contributed by atoms with E-state index in [1.54, 1.807) is 36.4 Å². The summed E-state index contributed by atoms with van der Waals surface area (Å²) in [5, 5.41) is 5.69. The standard InChI is InChI=1S/C20H19FN4O3/c1-27-14-7-8-18(28-2)16(9-14)25-20(26)17-11-24-19(12-22-17)23-10-13-5-3-4-6-15(13)21/h3-9,11-12H,10H2,1-2H3,(H,23,24)(H,25,26). The number of anilines is 2. The molecule has 0 aliphatic carbocycles. The van der Waals surface area contributed by atoms with Crippen molar-refractivity contribution < 1.29 is 18.7 Å². The molecule has 0 fully saturated rings. The van der Waals surface area contributed by atoms with Gasteiger partial charge in [0.1, 0.15) is 28.8 Å². The van der Waals surface area contributed by atoms with Gasteiger partial charge in [-0.3, -0.25) is 4.79 Å². The molecule has 1 amide bonds. The van der Waals surface area contributed by atoms with Crippen LogP contribution in [0.1, 0.15) is 16.1 Å². The van der Waals surface area contributed by atoms with E-state index in [4.69, 9.17) is 9.47 Å². The van der Waals surface area contributed by atoms with E-state index in [1.807, 2.05) is 0 Å². The summed E-state index contributed by atoms with van der Waals surface area (Å²) in [6, 6.07) is 11.5. The van der Waals surface area contributed by atoms with Gasteiger partial charge in [0.2, 0.25) is 0 Å². The average molecular weight is 382 g/mol. The maximum Gasteiger partial charge on any atom is 0.275 e. The fourth-order valence-electron chi connectivity index (χ4n) is 2.46. The van der Waals surface area contributed by atoms with E-state index in [-0.39, 0.29) is 18.1 Å². The Morgan fingerprint density at radius 2 is 1.89 bits per heavy atom. The van der Waals surface area contributed by atoms with E-state index in [0.29, 0.717) is 28.6 Å². The molecule has 0 bridgehead atoms. The molecule has 0 aliphatic heterocycles. The van der Waals surface area contributed by atoms with Gasteiger partial charge in [-0.25, -0.2) is 14.4 Å². The Kier molecular flexibility index (Phi) is 6.01. The second kappa shape index (κ2) is 8.81. The zero-order valence-electron chi connectivity index (χ0n) is 15.4. The van der Waals surface area contributed by atoms with Gasteiger partial charge < -0.3 is 20.1 Å². The van der Waals surface area contributed by atoms with E-state index >= 15 is 0 Å². The molecule has 0 unspecified atom stereocenters. The van der Waals surface area contributed by atoms with Crippen molar-refractivity contribution in [3.05, 3.63) is 71.9 Å². The molecule has 3 aromatic rings. The Hall–Kier alpha value is -3.68. The molecular weight excluding hydrogens is 363 g/mol. The van der Waals surface area contributed by atoms with Gasteiger partial charge >= 0.3 is 0 Å². The first kappa shape index (κ1) is 19.1. The first-order valence-corrected chi connectivity index (χ1v) is 8.43. The van der Waals surface area contributed by atoms with Crippen LogP contribution in [0.2, 0.25) is 0 Å². The lowest BCUT2D eigenvalue weighted by molar-refractivity contribution is 0.102. The largest absolute Gasteiger partial charge is 0.497 e. The molecule has 0 saturated heterocycles. The summed E-state index contributed by atoms with van der Waals surface area (Å²) in [5.74, 6) is 0.754. The lowest BCUT2D eigenvalue weighted by atomic mass is 10.2. The Morgan fingerprint density at radius 1 is 1.07 bits per heavy atom. The van der Waals surface area contributed by atoms with Crippen molar-refractivity contribution in [2.45, 2.75) is 6.54 Å². The molecule has 0 atom stereocenters. The highest BCUT2D eigenvalue weighted by molar-refractivity contribution is 6.03. The smallest absolute Gasteiger partial charge is 0.275 e. The van der Waals surface area contributed by atoms with Crippen molar-refractivity contribution in [1.82, 2.24) is 9.97 Å². The SMILES string of the molecule is COc1ccc(OC)c(NC(=O)c2cnc(NCc3ccccc3F)cn2)c1. The monoisotopic (exact) mass is 382 g/mol. The Labute approximate surface area is 161 Å². The minimum atomic E-state index is -0.445. The van der Waals surface area contributed by atoms with Crippen molar-refractivity contribution in [1.29, 1.82) is 0 Å². The maximum atomic E-state index is 13.6. The van der Waals surface area contributed by atoms with Crippen LogP contribution in [0.15, 0.2) is 54.9 Å². The minimum absolute atomic E-state index is 0.126. The zero-order chi connectivity index (χ0) is 19.9. The van der Waals surface area contributed by atoms with Crippen molar-refractivity contribution in [3.63, 3.8) is 0 Å². The highest BCUT2D eigenvalue weighted by Gasteiger charge is 2.13. The van der Waals surface area contributed by atoms with E-state index in [2.05, 4.69) is 20.6 Å². The first-order chi connectivity index (χ1) is 13.6. The van der Waals surface area contributed by atoms with Crippen LogP contribution in [-0.4, -0.2) is 30.1 Å². The van der Waals surface area contributed by atoms with E-state index in [9.17, 15) is 9.18 Å². The molecule has 3 rings (SSSR count). The predicted molar refractivity (Wildman–Crippen MR) is 103 cm³/mol. The number of amides is 1. The molecular formula is C20H19FN4O3. The highest BCUT2D eigenvalue weighted by Crippen LogP contribution is 2.29. The van der Waals surface area contributed by atoms with Crippen LogP contribution in [-0.2, 0) is 6.54 Å². The summed E-state index contributed by atoms with van der Waals surface area (Å²) >= 11 is 0. The second-order valence-corrected chi connectivity index (χ2v) is 5.75. The molecule has 144 valence electrons. The normalized spacial score (nSPS) is 10.2. The molecule has 28 heavy (non-hydrogen) atoms. The van der Waals surface area contributed by atoms with E-state index in [0.717, 1.165) is 0 Å². The predicted octanol–water partition coefficient (Wildman–Crippen LogP) is 3.50. The number of hydrogen-bond donors (Lipinski definition) is 2. The molecule has 1 aromatic heterocycles. The molecule has 0 spiro atoms. The van der Waals surface area contributed by atoms with Gasteiger partial charge in [0, 0.05) is 18.2 Å². The number of carbonyl (C=O) groups is 1. The lowest BCUT2D eigenvalue weighted by Crippen LogP contribution is -2.15. The van der Waals surface area contributed by atoms with Crippen LogP contribution < -0.4 is 20.1 Å². The molecule has 1 heterocycles. The average Bonchev–Trinajstić information content (AvgIpc) is 2.73. The molecule has 7 nitrogen and oxygen atoms in total. The van der Waals surface area contributed by atoms with Gasteiger partial charge in [0.05, 0.1) is 32.3 Å². The van der Waals surface area contributed by atoms with Gasteiger partial charge in [-0.1, -0.05) is 18.2 Å². The quantitative estimate of drug-likeness (QED) is 0.651. The van der Waals surface area contributed by atoms with Crippen molar-refractivity contribution >= 4 is 17.4 Å². The summed E-state index contributed by atoms with van der Waals surface area (Å²) in [5.41, 5.74) is 1.09. The summed E-state index contributed by atoms with van der Waals surface area (Å²) < 4.78 is 24.0. The summed E-state index contributed by atoms with van der Waals surface area (Å²) in [6.45, 7) is 0.258. The Balaban J connectivity index is 1.66. The fourth-order valence-corrected chi connectivity index (χ4v) is 2.46. The number of halogens is 1. The molecule has 0 radical (unpaired) electrons. The third-order valence-corrected chi connectivity index (χ3v) is 3.96. The van der Waals surface area contributed by atoms with Crippen LogP contribution in [0, 0.1) is 5.82 Å². The number of aromatic nitrogens is 2. The Bertz CT molecular complexity index is 964. The van der Waals surface area contributed by atoms with Gasteiger partial charge in [-0.15, -0.1) is 0 Å². The van der Waals surface area contributed by atoms with Gasteiger partial charge in [-0.05, 0) is 18.2 Å². The summed E-state index contributed by atoms with van der Waals surface area (Å²) in [6.07, 6.45) is 2.75. The van der Waals surface area contributed by atoms with E-state index in [1.165, 1.54) is 32.7 Å². The highest BCUT2D eigenvalue weighted by atomic mass is 19.1. The fraction of sp³-hybridized carbons (Fsp3) is 0.150. The Morgan fingerprint density at radius 3 is 2.57 bits per heavy atom. The molecule has 2 N–H and O–H groups in total. The number of nitrogens with zero attached hydrogens (tertiary/aromatic N) is 2. The topological polar surface area (TPSA) is 85.4 Å². The van der Waals surface area contributed by atoms with Crippen LogP contribution in [0.5, 0.6) is 11.5 Å². The number of hydrogen-bond acceptors (Lipinski definition) is 6.